The summed E-state index contributed by atoms with van der Waals surface area (Å²) in [7, 11) is 1.63. The average molecular weight is 598 g/mol. The van der Waals surface area contributed by atoms with Crippen LogP contribution in [0.2, 0.25) is 0 Å². The number of piperidine rings is 1. The Bertz CT molecular complexity index is 1610. The Morgan fingerprint density at radius 3 is 2.52 bits per heavy atom. The number of anilines is 4. The standard InChI is InChI=1S/C33H36FN7O3/c1-3-32(42)38-27-21-28(30(43-2)22-29(27)40-13-9-25(10-14-40)39-16-18-44-19-17-39)37-31-20-26(8-11-35-31)41-15-12-36-33(41)23-4-6-24(34)7-5-23/h3-8,11-12,15,20-22,25H,1,9-10,13-14,16-19H2,2H3,(H,35,37)(H,38,42). The molecule has 2 saturated heterocycles. The number of rotatable bonds is 9. The van der Waals surface area contributed by atoms with E-state index in [9.17, 15) is 9.18 Å². The van der Waals surface area contributed by atoms with E-state index in [-0.39, 0.29) is 11.7 Å². The SMILES string of the molecule is C=CC(=O)Nc1cc(Nc2cc(-n3ccnc3-c3ccc(F)cc3)ccn2)c(OC)cc1N1CCC(N2CCOCC2)CC1. The second kappa shape index (κ2) is 13.3. The number of aromatic nitrogens is 3. The smallest absolute Gasteiger partial charge is 0.247 e. The van der Waals surface area contributed by atoms with Crippen LogP contribution < -0.4 is 20.3 Å². The van der Waals surface area contributed by atoms with Crippen LogP contribution in [0, 0.1) is 5.82 Å². The molecule has 1 amide bonds. The molecule has 2 aliphatic rings. The highest BCUT2D eigenvalue weighted by atomic mass is 19.1. The van der Waals surface area contributed by atoms with Crippen LogP contribution in [0.1, 0.15) is 12.8 Å². The van der Waals surface area contributed by atoms with Crippen molar-refractivity contribution in [2.45, 2.75) is 18.9 Å². The van der Waals surface area contributed by atoms with Gasteiger partial charge in [0.2, 0.25) is 5.91 Å². The minimum atomic E-state index is -0.302. The Hall–Kier alpha value is -4.74. The van der Waals surface area contributed by atoms with Crippen molar-refractivity contribution in [3.05, 3.63) is 85.6 Å². The molecule has 0 atom stereocenters. The number of amides is 1. The molecular weight excluding hydrogens is 561 g/mol. The monoisotopic (exact) mass is 597 g/mol. The predicted molar refractivity (Wildman–Crippen MR) is 169 cm³/mol. The van der Waals surface area contributed by atoms with E-state index in [1.165, 1.54) is 18.2 Å². The first-order valence-electron chi connectivity index (χ1n) is 14.8. The number of morpholine rings is 1. The fraction of sp³-hybridized carbons (Fsp3) is 0.303. The number of hydrogen-bond acceptors (Lipinski definition) is 8. The topological polar surface area (TPSA) is 96.8 Å². The molecule has 2 aromatic heterocycles. The van der Waals surface area contributed by atoms with Crippen molar-refractivity contribution in [3.8, 4) is 22.8 Å². The van der Waals surface area contributed by atoms with Crippen molar-refractivity contribution in [2.75, 3.05) is 62.0 Å². The number of nitrogens with one attached hydrogen (secondary N) is 2. The number of carbonyl (C=O) groups is 1. The molecule has 44 heavy (non-hydrogen) atoms. The fourth-order valence-electron chi connectivity index (χ4n) is 5.90. The van der Waals surface area contributed by atoms with Gasteiger partial charge in [-0.05, 0) is 55.3 Å². The van der Waals surface area contributed by atoms with Gasteiger partial charge in [0.25, 0.3) is 0 Å². The van der Waals surface area contributed by atoms with Gasteiger partial charge in [-0.25, -0.2) is 14.4 Å². The minimum Gasteiger partial charge on any atom is -0.494 e. The zero-order valence-electron chi connectivity index (χ0n) is 24.7. The number of nitrogens with zero attached hydrogens (tertiary/aromatic N) is 5. The van der Waals surface area contributed by atoms with E-state index in [1.54, 1.807) is 31.6 Å². The molecule has 2 fully saturated rings. The number of halogens is 1. The van der Waals surface area contributed by atoms with Crippen molar-refractivity contribution in [1.82, 2.24) is 19.4 Å². The summed E-state index contributed by atoms with van der Waals surface area (Å²) in [5, 5.41) is 6.36. The second-order valence-electron chi connectivity index (χ2n) is 10.8. The summed E-state index contributed by atoms with van der Waals surface area (Å²) in [6.07, 6.45) is 8.57. The Kier molecular flexibility index (Phi) is 8.85. The summed E-state index contributed by atoms with van der Waals surface area (Å²) >= 11 is 0. The van der Waals surface area contributed by atoms with Crippen molar-refractivity contribution < 1.29 is 18.7 Å². The van der Waals surface area contributed by atoms with Crippen LogP contribution >= 0.6 is 0 Å². The van der Waals surface area contributed by atoms with Gasteiger partial charge in [-0.3, -0.25) is 14.3 Å². The highest BCUT2D eigenvalue weighted by Crippen LogP contribution is 2.40. The van der Waals surface area contributed by atoms with Crippen LogP contribution in [0.15, 0.2) is 79.8 Å². The molecule has 2 aliphatic heterocycles. The van der Waals surface area contributed by atoms with Crippen molar-refractivity contribution >= 4 is 28.8 Å². The molecule has 4 heterocycles. The number of pyridine rings is 1. The maximum atomic E-state index is 13.5. The quantitative estimate of drug-likeness (QED) is 0.253. The number of hydrogen-bond donors (Lipinski definition) is 2. The summed E-state index contributed by atoms with van der Waals surface area (Å²) in [5.41, 5.74) is 3.81. The predicted octanol–water partition coefficient (Wildman–Crippen LogP) is 5.25. The molecule has 11 heteroatoms. The molecule has 0 aliphatic carbocycles. The number of benzene rings is 2. The molecule has 2 aromatic carbocycles. The van der Waals surface area contributed by atoms with Gasteiger partial charge in [0.15, 0.2) is 0 Å². The lowest BCUT2D eigenvalue weighted by molar-refractivity contribution is -0.111. The van der Waals surface area contributed by atoms with Gasteiger partial charge in [0, 0.05) is 68.5 Å². The van der Waals surface area contributed by atoms with Gasteiger partial charge in [0.1, 0.15) is 23.2 Å². The molecule has 0 unspecified atom stereocenters. The lowest BCUT2D eigenvalue weighted by atomic mass is 10.0. The van der Waals surface area contributed by atoms with E-state index in [2.05, 4.69) is 37.0 Å². The van der Waals surface area contributed by atoms with Crippen molar-refractivity contribution in [2.24, 2.45) is 0 Å². The highest BCUT2D eigenvalue weighted by Gasteiger charge is 2.28. The average Bonchev–Trinajstić information content (AvgIpc) is 3.56. The summed E-state index contributed by atoms with van der Waals surface area (Å²) in [4.78, 5) is 26.3. The van der Waals surface area contributed by atoms with Gasteiger partial charge in [0.05, 0.1) is 43.1 Å². The third-order valence-corrected chi connectivity index (χ3v) is 8.16. The Balaban J connectivity index is 1.26. The highest BCUT2D eigenvalue weighted by molar-refractivity contribution is 6.02. The normalized spacial score (nSPS) is 16.0. The van der Waals surface area contributed by atoms with Crippen LogP contribution in [0.4, 0.5) is 27.3 Å². The third kappa shape index (κ3) is 6.43. The number of methoxy groups -OCH3 is 1. The number of carbonyl (C=O) groups excluding carboxylic acids is 1. The molecule has 2 N–H and O–H groups in total. The lowest BCUT2D eigenvalue weighted by Gasteiger charge is -2.41. The first kappa shape index (κ1) is 29.3. The maximum Gasteiger partial charge on any atom is 0.247 e. The van der Waals surface area contributed by atoms with E-state index in [0.717, 1.165) is 69.2 Å². The van der Waals surface area contributed by atoms with Crippen LogP contribution in [0.3, 0.4) is 0 Å². The fourth-order valence-corrected chi connectivity index (χ4v) is 5.90. The summed E-state index contributed by atoms with van der Waals surface area (Å²) in [5.74, 6) is 1.27. The molecule has 0 radical (unpaired) electrons. The van der Waals surface area contributed by atoms with Gasteiger partial charge in [-0.2, -0.15) is 0 Å². The number of ether oxygens (including phenoxy) is 2. The molecule has 0 bridgehead atoms. The van der Waals surface area contributed by atoms with E-state index in [1.807, 2.05) is 35.0 Å². The molecular formula is C33H36FN7O3. The van der Waals surface area contributed by atoms with Crippen molar-refractivity contribution in [1.29, 1.82) is 0 Å². The van der Waals surface area contributed by atoms with Gasteiger partial charge >= 0.3 is 0 Å². The van der Waals surface area contributed by atoms with Crippen LogP contribution in [0.25, 0.3) is 17.1 Å². The van der Waals surface area contributed by atoms with Crippen LogP contribution in [-0.2, 0) is 9.53 Å². The molecule has 0 spiro atoms. The van der Waals surface area contributed by atoms with Gasteiger partial charge in [-0.1, -0.05) is 6.58 Å². The maximum absolute atomic E-state index is 13.5. The second-order valence-corrected chi connectivity index (χ2v) is 10.8. The lowest BCUT2D eigenvalue weighted by Crippen LogP contribution is -2.49. The molecule has 228 valence electrons. The first-order valence-corrected chi connectivity index (χ1v) is 14.8. The third-order valence-electron chi connectivity index (χ3n) is 8.16. The molecule has 4 aromatic rings. The number of imidazole rings is 1. The minimum absolute atomic E-state index is 0.292. The summed E-state index contributed by atoms with van der Waals surface area (Å²) in [6.45, 7) is 8.89. The zero-order chi connectivity index (χ0) is 30.5. The van der Waals surface area contributed by atoms with E-state index >= 15 is 0 Å². The van der Waals surface area contributed by atoms with E-state index < -0.39 is 0 Å². The Labute approximate surface area is 256 Å². The Morgan fingerprint density at radius 2 is 1.80 bits per heavy atom. The summed E-state index contributed by atoms with van der Waals surface area (Å²) < 4.78 is 26.8. The van der Waals surface area contributed by atoms with E-state index in [4.69, 9.17) is 9.47 Å². The summed E-state index contributed by atoms with van der Waals surface area (Å²) in [6, 6.07) is 14.4. The zero-order valence-corrected chi connectivity index (χ0v) is 24.7. The Morgan fingerprint density at radius 1 is 1.02 bits per heavy atom. The molecule has 0 saturated carbocycles. The van der Waals surface area contributed by atoms with Crippen LogP contribution in [0.5, 0.6) is 5.75 Å². The van der Waals surface area contributed by atoms with Crippen LogP contribution in [-0.4, -0.2) is 77.9 Å². The van der Waals surface area contributed by atoms with E-state index in [0.29, 0.717) is 34.8 Å². The molecule has 10 nitrogen and oxygen atoms in total. The van der Waals surface area contributed by atoms with Gasteiger partial charge < -0.3 is 25.0 Å². The van der Waals surface area contributed by atoms with Crippen molar-refractivity contribution in [3.63, 3.8) is 0 Å². The van der Waals surface area contributed by atoms with Gasteiger partial charge in [-0.15, -0.1) is 0 Å². The molecule has 6 rings (SSSR count). The largest absolute Gasteiger partial charge is 0.494 e. The first-order chi connectivity index (χ1) is 21.5.